The smallest absolute Gasteiger partial charge is 0.257 e. The van der Waals surface area contributed by atoms with Crippen LogP contribution in [0.25, 0.3) is 0 Å². The molecule has 0 saturated carbocycles. The lowest BCUT2D eigenvalue weighted by atomic mass is 10.0. The second kappa shape index (κ2) is 7.70. The number of aromatic nitrogens is 1. The van der Waals surface area contributed by atoms with E-state index in [1.807, 2.05) is 31.2 Å². The number of aryl methyl sites for hydroxylation is 1. The van der Waals surface area contributed by atoms with Gasteiger partial charge in [-0.15, -0.1) is 0 Å². The quantitative estimate of drug-likeness (QED) is 0.915. The van der Waals surface area contributed by atoms with Gasteiger partial charge >= 0.3 is 0 Å². The number of amides is 2. The topological polar surface area (TPSA) is 76.3 Å². The minimum atomic E-state index is -0.529. The molecular weight excluding hydrogens is 334 g/mol. The first-order valence-electron chi connectivity index (χ1n) is 8.36. The second-order valence-corrected chi connectivity index (χ2v) is 7.25. The van der Waals surface area contributed by atoms with E-state index in [0.717, 1.165) is 17.7 Å². The molecule has 2 heterocycles. The highest BCUT2D eigenvalue weighted by molar-refractivity contribution is 7.99. The Morgan fingerprint density at radius 3 is 2.68 bits per heavy atom. The number of hydrogen-bond acceptors (Lipinski definition) is 4. The molecule has 1 aromatic carbocycles. The van der Waals surface area contributed by atoms with Crippen LogP contribution in [0.2, 0.25) is 0 Å². The van der Waals surface area contributed by atoms with Gasteiger partial charge in [-0.25, -0.2) is 4.98 Å². The van der Waals surface area contributed by atoms with Crippen LogP contribution in [-0.4, -0.2) is 34.3 Å². The average Bonchev–Trinajstić information content (AvgIpc) is 2.63. The summed E-state index contributed by atoms with van der Waals surface area (Å²) in [7, 11) is 0. The number of primary amides is 1. The second-order valence-electron chi connectivity index (χ2n) is 6.18. The van der Waals surface area contributed by atoms with Crippen molar-refractivity contribution in [3.05, 3.63) is 53.7 Å². The van der Waals surface area contributed by atoms with Crippen LogP contribution in [0.15, 0.2) is 52.5 Å². The molecule has 2 amide bonds. The lowest BCUT2D eigenvalue weighted by Crippen LogP contribution is -2.50. The number of rotatable bonds is 4. The van der Waals surface area contributed by atoms with Crippen molar-refractivity contribution in [1.82, 2.24) is 9.88 Å². The van der Waals surface area contributed by atoms with E-state index in [-0.39, 0.29) is 5.91 Å². The molecule has 0 radical (unpaired) electrons. The SMILES string of the molecule is Cc1ccc(Sc2ncccc2C(=O)N2CCCC[C@H]2C(N)=O)cc1. The van der Waals surface area contributed by atoms with Crippen LogP contribution in [-0.2, 0) is 4.79 Å². The number of nitrogens with two attached hydrogens (primary N) is 1. The fraction of sp³-hybridized carbons (Fsp3) is 0.316. The summed E-state index contributed by atoms with van der Waals surface area (Å²) in [5, 5.41) is 0.644. The summed E-state index contributed by atoms with van der Waals surface area (Å²) in [6.45, 7) is 2.58. The van der Waals surface area contributed by atoms with Crippen LogP contribution in [0.5, 0.6) is 0 Å². The summed E-state index contributed by atoms with van der Waals surface area (Å²) < 4.78 is 0. The minimum absolute atomic E-state index is 0.175. The Morgan fingerprint density at radius 2 is 1.96 bits per heavy atom. The highest BCUT2D eigenvalue weighted by Gasteiger charge is 2.32. The van der Waals surface area contributed by atoms with E-state index >= 15 is 0 Å². The standard InChI is InChI=1S/C19H21N3O2S/c1-13-7-9-14(10-8-13)25-18-15(5-4-11-21-18)19(24)22-12-3-2-6-16(22)17(20)23/h4-5,7-11,16H,2-3,6,12H2,1H3,(H2,20,23)/t16-/m0/s1. The Bertz CT molecular complexity index is 776. The fourth-order valence-corrected chi connectivity index (χ4v) is 3.85. The monoisotopic (exact) mass is 355 g/mol. The lowest BCUT2D eigenvalue weighted by molar-refractivity contribution is -0.123. The summed E-state index contributed by atoms with van der Waals surface area (Å²) in [5.41, 5.74) is 7.19. The molecule has 2 aromatic rings. The van der Waals surface area contributed by atoms with E-state index in [0.29, 0.717) is 23.6 Å². The maximum atomic E-state index is 13.0. The van der Waals surface area contributed by atoms with Gasteiger partial charge in [0, 0.05) is 17.6 Å². The molecule has 1 aliphatic rings. The van der Waals surface area contributed by atoms with Crippen LogP contribution < -0.4 is 5.73 Å². The van der Waals surface area contributed by atoms with Gasteiger partial charge in [-0.05, 0) is 50.5 Å². The summed E-state index contributed by atoms with van der Waals surface area (Å²) in [6.07, 6.45) is 4.10. The van der Waals surface area contributed by atoms with Crippen LogP contribution in [0.4, 0.5) is 0 Å². The molecule has 1 aliphatic heterocycles. The first kappa shape index (κ1) is 17.5. The molecule has 1 saturated heterocycles. The van der Waals surface area contributed by atoms with E-state index in [1.54, 1.807) is 23.2 Å². The Balaban J connectivity index is 1.87. The summed E-state index contributed by atoms with van der Waals surface area (Å²) in [5.74, 6) is -0.615. The van der Waals surface area contributed by atoms with Crippen LogP contribution in [0.1, 0.15) is 35.2 Å². The van der Waals surface area contributed by atoms with Crippen LogP contribution in [0.3, 0.4) is 0 Å². The van der Waals surface area contributed by atoms with E-state index in [1.165, 1.54) is 17.3 Å². The van der Waals surface area contributed by atoms with Crippen molar-refractivity contribution in [1.29, 1.82) is 0 Å². The number of benzene rings is 1. The predicted octanol–water partition coefficient (Wildman–Crippen LogP) is 3.02. The Labute approximate surface area is 151 Å². The van der Waals surface area contributed by atoms with Crippen molar-refractivity contribution >= 4 is 23.6 Å². The molecule has 5 nitrogen and oxygen atoms in total. The number of likely N-dealkylation sites (tertiary alicyclic amines) is 1. The normalized spacial score (nSPS) is 17.3. The van der Waals surface area contributed by atoms with Gasteiger partial charge in [-0.2, -0.15) is 0 Å². The maximum absolute atomic E-state index is 13.0. The van der Waals surface area contributed by atoms with E-state index in [2.05, 4.69) is 4.98 Å². The van der Waals surface area contributed by atoms with Crippen LogP contribution >= 0.6 is 11.8 Å². The zero-order chi connectivity index (χ0) is 17.8. The lowest BCUT2D eigenvalue weighted by Gasteiger charge is -2.33. The third-order valence-electron chi connectivity index (χ3n) is 4.33. The molecule has 0 spiro atoms. The Kier molecular flexibility index (Phi) is 5.38. The number of piperidine rings is 1. The van der Waals surface area contributed by atoms with Crippen molar-refractivity contribution in [3.8, 4) is 0 Å². The molecule has 3 rings (SSSR count). The van der Waals surface area contributed by atoms with Crippen molar-refractivity contribution in [2.75, 3.05) is 6.54 Å². The van der Waals surface area contributed by atoms with Crippen LogP contribution in [0, 0.1) is 6.92 Å². The highest BCUT2D eigenvalue weighted by Crippen LogP contribution is 2.30. The molecule has 1 atom stereocenters. The predicted molar refractivity (Wildman–Crippen MR) is 97.4 cm³/mol. The van der Waals surface area contributed by atoms with Gasteiger partial charge in [0.15, 0.2) is 0 Å². The molecule has 2 N–H and O–H groups in total. The number of hydrogen-bond donors (Lipinski definition) is 1. The summed E-state index contributed by atoms with van der Waals surface area (Å²) >= 11 is 1.45. The molecule has 1 aromatic heterocycles. The van der Waals surface area contributed by atoms with Gasteiger partial charge in [0.1, 0.15) is 11.1 Å². The fourth-order valence-electron chi connectivity index (χ4n) is 2.98. The zero-order valence-corrected chi connectivity index (χ0v) is 15.0. The van der Waals surface area contributed by atoms with Gasteiger partial charge in [0.05, 0.1) is 5.56 Å². The van der Waals surface area contributed by atoms with E-state index in [4.69, 9.17) is 5.73 Å². The summed E-state index contributed by atoms with van der Waals surface area (Å²) in [6, 6.07) is 11.1. The minimum Gasteiger partial charge on any atom is -0.368 e. The van der Waals surface area contributed by atoms with Gasteiger partial charge in [-0.1, -0.05) is 29.5 Å². The van der Waals surface area contributed by atoms with E-state index < -0.39 is 11.9 Å². The first-order chi connectivity index (χ1) is 12.1. The largest absolute Gasteiger partial charge is 0.368 e. The Morgan fingerprint density at radius 1 is 1.20 bits per heavy atom. The number of nitrogens with zero attached hydrogens (tertiary/aromatic N) is 2. The van der Waals surface area contributed by atoms with Gasteiger partial charge in [-0.3, -0.25) is 9.59 Å². The summed E-state index contributed by atoms with van der Waals surface area (Å²) in [4.78, 5) is 31.8. The molecule has 1 fully saturated rings. The average molecular weight is 355 g/mol. The molecule has 130 valence electrons. The number of pyridine rings is 1. The van der Waals surface area contributed by atoms with Gasteiger partial charge < -0.3 is 10.6 Å². The maximum Gasteiger partial charge on any atom is 0.257 e. The third-order valence-corrected chi connectivity index (χ3v) is 5.36. The van der Waals surface area contributed by atoms with Crippen molar-refractivity contribution in [2.24, 2.45) is 5.73 Å². The van der Waals surface area contributed by atoms with Crippen molar-refractivity contribution < 1.29 is 9.59 Å². The Hall–Kier alpha value is -2.34. The van der Waals surface area contributed by atoms with Gasteiger partial charge in [0.2, 0.25) is 5.91 Å². The zero-order valence-electron chi connectivity index (χ0n) is 14.1. The highest BCUT2D eigenvalue weighted by atomic mass is 32.2. The third kappa shape index (κ3) is 4.02. The first-order valence-corrected chi connectivity index (χ1v) is 9.18. The molecule has 0 unspecified atom stereocenters. The molecule has 6 heteroatoms. The molecule has 0 bridgehead atoms. The van der Waals surface area contributed by atoms with Crippen molar-refractivity contribution in [2.45, 2.75) is 42.1 Å². The molecule has 25 heavy (non-hydrogen) atoms. The van der Waals surface area contributed by atoms with Gasteiger partial charge in [0.25, 0.3) is 5.91 Å². The van der Waals surface area contributed by atoms with E-state index in [9.17, 15) is 9.59 Å². The molecule has 0 aliphatic carbocycles. The molecular formula is C19H21N3O2S. The number of carbonyl (C=O) groups is 2. The van der Waals surface area contributed by atoms with Crippen molar-refractivity contribution in [3.63, 3.8) is 0 Å². The number of carbonyl (C=O) groups excluding carboxylic acids is 2.